The van der Waals surface area contributed by atoms with Gasteiger partial charge in [-0.2, -0.15) is 0 Å². The molecule has 0 spiro atoms. The Labute approximate surface area is 176 Å². The van der Waals surface area contributed by atoms with Crippen LogP contribution in [0.4, 0.5) is 0 Å². The Balaban J connectivity index is 1.54. The molecule has 0 radical (unpaired) electrons. The molecule has 0 bridgehead atoms. The van der Waals surface area contributed by atoms with Crippen molar-refractivity contribution < 1.29 is 14.3 Å². The number of benzene rings is 3. The van der Waals surface area contributed by atoms with Crippen LogP contribution in [0, 0.1) is 0 Å². The number of ether oxygens (including phenoxy) is 1. The van der Waals surface area contributed by atoms with E-state index in [0.29, 0.717) is 18.7 Å². The molecular formula is C25H24N2O3. The summed E-state index contributed by atoms with van der Waals surface area (Å²) in [5.74, 6) is 0.604. The zero-order chi connectivity index (χ0) is 20.9. The van der Waals surface area contributed by atoms with E-state index in [-0.39, 0.29) is 24.3 Å². The third-order valence-corrected chi connectivity index (χ3v) is 5.44. The van der Waals surface area contributed by atoms with Crippen LogP contribution in [0.3, 0.4) is 0 Å². The highest BCUT2D eigenvalue weighted by atomic mass is 16.5. The first-order chi connectivity index (χ1) is 14.7. The summed E-state index contributed by atoms with van der Waals surface area (Å²) in [4.78, 5) is 27.6. The minimum atomic E-state index is -0.355. The molecular weight excluding hydrogens is 376 g/mol. The zero-order valence-corrected chi connectivity index (χ0v) is 16.9. The summed E-state index contributed by atoms with van der Waals surface area (Å²) >= 11 is 0. The molecule has 2 amide bonds. The Hall–Kier alpha value is -3.60. The third kappa shape index (κ3) is 4.20. The molecule has 5 heteroatoms. The van der Waals surface area contributed by atoms with Gasteiger partial charge < -0.3 is 15.0 Å². The summed E-state index contributed by atoms with van der Waals surface area (Å²) in [7, 11) is 1.62. The lowest BCUT2D eigenvalue weighted by Gasteiger charge is -2.28. The molecule has 0 saturated heterocycles. The van der Waals surface area contributed by atoms with Gasteiger partial charge in [-0.15, -0.1) is 0 Å². The highest BCUT2D eigenvalue weighted by Gasteiger charge is 2.34. The number of nitrogens with zero attached hydrogens (tertiary/aromatic N) is 1. The molecule has 1 aliphatic heterocycles. The van der Waals surface area contributed by atoms with Crippen molar-refractivity contribution in [1.29, 1.82) is 0 Å². The van der Waals surface area contributed by atoms with Gasteiger partial charge in [-0.1, -0.05) is 60.7 Å². The summed E-state index contributed by atoms with van der Waals surface area (Å²) in [5.41, 5.74) is 3.65. The highest BCUT2D eigenvalue weighted by Crippen LogP contribution is 2.34. The Morgan fingerprint density at radius 1 is 1.00 bits per heavy atom. The maximum absolute atomic E-state index is 13.1. The van der Waals surface area contributed by atoms with Gasteiger partial charge in [-0.3, -0.25) is 9.59 Å². The average molecular weight is 400 g/mol. The van der Waals surface area contributed by atoms with Crippen LogP contribution in [-0.2, 0) is 17.9 Å². The van der Waals surface area contributed by atoms with Crippen LogP contribution < -0.4 is 10.1 Å². The summed E-state index contributed by atoms with van der Waals surface area (Å²) in [6.45, 7) is 0.959. The predicted molar refractivity (Wildman–Crippen MR) is 115 cm³/mol. The van der Waals surface area contributed by atoms with Crippen LogP contribution >= 0.6 is 0 Å². The number of methoxy groups -OCH3 is 1. The van der Waals surface area contributed by atoms with Crippen molar-refractivity contribution in [3.05, 3.63) is 101 Å². The number of fused-ring (bicyclic) bond motifs is 1. The second-order valence-corrected chi connectivity index (χ2v) is 7.35. The van der Waals surface area contributed by atoms with E-state index in [0.717, 1.165) is 22.4 Å². The highest BCUT2D eigenvalue weighted by molar-refractivity contribution is 5.98. The van der Waals surface area contributed by atoms with Crippen LogP contribution in [-0.4, -0.2) is 23.8 Å². The first kappa shape index (κ1) is 19.7. The van der Waals surface area contributed by atoms with Crippen molar-refractivity contribution in [2.24, 2.45) is 0 Å². The molecule has 0 aliphatic carbocycles. The normalized spacial score (nSPS) is 13.6. The molecule has 1 unspecified atom stereocenters. The van der Waals surface area contributed by atoms with E-state index in [2.05, 4.69) is 5.32 Å². The number of carbonyl (C=O) groups excluding carboxylic acids is 2. The third-order valence-electron chi connectivity index (χ3n) is 5.44. The van der Waals surface area contributed by atoms with E-state index in [9.17, 15) is 9.59 Å². The van der Waals surface area contributed by atoms with Gasteiger partial charge in [0.15, 0.2) is 0 Å². The number of carbonyl (C=O) groups is 2. The van der Waals surface area contributed by atoms with Crippen LogP contribution in [0.1, 0.15) is 39.5 Å². The molecule has 0 fully saturated rings. The van der Waals surface area contributed by atoms with Gasteiger partial charge in [0.1, 0.15) is 5.75 Å². The molecule has 5 nitrogen and oxygen atoms in total. The molecule has 0 aromatic heterocycles. The molecule has 0 saturated carbocycles. The minimum Gasteiger partial charge on any atom is -0.497 e. The summed E-state index contributed by atoms with van der Waals surface area (Å²) in [6, 6.07) is 24.6. The second-order valence-electron chi connectivity index (χ2n) is 7.35. The van der Waals surface area contributed by atoms with Crippen LogP contribution in [0.2, 0.25) is 0 Å². The predicted octanol–water partition coefficient (Wildman–Crippen LogP) is 4.10. The summed E-state index contributed by atoms with van der Waals surface area (Å²) < 4.78 is 5.26. The number of hydrogen-bond donors (Lipinski definition) is 1. The Morgan fingerprint density at radius 2 is 1.70 bits per heavy atom. The Kier molecular flexibility index (Phi) is 5.80. The largest absolute Gasteiger partial charge is 0.497 e. The number of amides is 2. The molecule has 3 aromatic rings. The van der Waals surface area contributed by atoms with Crippen LogP contribution in [0.25, 0.3) is 0 Å². The van der Waals surface area contributed by atoms with E-state index in [1.54, 1.807) is 12.0 Å². The zero-order valence-electron chi connectivity index (χ0n) is 16.9. The smallest absolute Gasteiger partial charge is 0.255 e. The van der Waals surface area contributed by atoms with Gasteiger partial charge in [0.2, 0.25) is 5.91 Å². The van der Waals surface area contributed by atoms with Crippen LogP contribution in [0.5, 0.6) is 5.75 Å². The molecule has 1 heterocycles. The molecule has 4 rings (SSSR count). The Morgan fingerprint density at radius 3 is 2.40 bits per heavy atom. The standard InChI is InChI=1S/C25H24N2O3/c1-30-21-13-11-19(12-14-21)23(15-24(28)26-16-18-7-3-2-4-8-18)27-17-20-9-5-6-10-22(20)25(27)29/h2-14,23H,15-17H2,1H3,(H,26,28). The Bertz CT molecular complexity index is 1030. The van der Waals surface area contributed by atoms with Gasteiger partial charge in [0, 0.05) is 18.7 Å². The van der Waals surface area contributed by atoms with E-state index < -0.39 is 0 Å². The van der Waals surface area contributed by atoms with Crippen molar-refractivity contribution in [3.8, 4) is 5.75 Å². The molecule has 3 aromatic carbocycles. The lowest BCUT2D eigenvalue weighted by molar-refractivity contribution is -0.122. The first-order valence-electron chi connectivity index (χ1n) is 9.99. The lowest BCUT2D eigenvalue weighted by Crippen LogP contribution is -2.34. The SMILES string of the molecule is COc1ccc(C(CC(=O)NCc2ccccc2)N2Cc3ccccc3C2=O)cc1. The molecule has 1 atom stereocenters. The van der Waals surface area contributed by atoms with Crippen molar-refractivity contribution in [2.45, 2.75) is 25.6 Å². The van der Waals surface area contributed by atoms with E-state index in [1.165, 1.54) is 0 Å². The number of hydrogen-bond acceptors (Lipinski definition) is 3. The molecule has 1 N–H and O–H groups in total. The van der Waals surface area contributed by atoms with Gasteiger partial charge in [-0.05, 0) is 34.9 Å². The fourth-order valence-corrected chi connectivity index (χ4v) is 3.81. The average Bonchev–Trinajstić information content (AvgIpc) is 3.13. The number of nitrogens with one attached hydrogen (secondary N) is 1. The molecule has 1 aliphatic rings. The maximum Gasteiger partial charge on any atom is 0.255 e. The fourth-order valence-electron chi connectivity index (χ4n) is 3.81. The van der Waals surface area contributed by atoms with E-state index in [1.807, 2.05) is 78.9 Å². The summed E-state index contributed by atoms with van der Waals surface area (Å²) in [5, 5.41) is 2.98. The van der Waals surface area contributed by atoms with Crippen molar-refractivity contribution >= 4 is 11.8 Å². The molecule has 30 heavy (non-hydrogen) atoms. The monoisotopic (exact) mass is 400 g/mol. The first-order valence-corrected chi connectivity index (χ1v) is 9.99. The number of rotatable bonds is 7. The molecule has 152 valence electrons. The lowest BCUT2D eigenvalue weighted by atomic mass is 10.0. The second kappa shape index (κ2) is 8.82. The van der Waals surface area contributed by atoms with Gasteiger partial charge in [0.05, 0.1) is 19.6 Å². The van der Waals surface area contributed by atoms with Crippen molar-refractivity contribution in [2.75, 3.05) is 7.11 Å². The van der Waals surface area contributed by atoms with Crippen LogP contribution in [0.15, 0.2) is 78.9 Å². The maximum atomic E-state index is 13.1. The quantitative estimate of drug-likeness (QED) is 0.650. The van der Waals surface area contributed by atoms with E-state index >= 15 is 0 Å². The fraction of sp³-hybridized carbons (Fsp3) is 0.200. The van der Waals surface area contributed by atoms with Crippen molar-refractivity contribution in [3.63, 3.8) is 0 Å². The van der Waals surface area contributed by atoms with Crippen molar-refractivity contribution in [1.82, 2.24) is 10.2 Å². The van der Waals surface area contributed by atoms with Gasteiger partial charge in [-0.25, -0.2) is 0 Å². The summed E-state index contributed by atoms with van der Waals surface area (Å²) in [6.07, 6.45) is 0.193. The van der Waals surface area contributed by atoms with E-state index in [4.69, 9.17) is 4.74 Å². The van der Waals surface area contributed by atoms with Gasteiger partial charge >= 0.3 is 0 Å². The van der Waals surface area contributed by atoms with Gasteiger partial charge in [0.25, 0.3) is 5.91 Å². The minimum absolute atomic E-state index is 0.0396. The topological polar surface area (TPSA) is 58.6 Å².